The molecule has 1 heterocycles. The summed E-state index contributed by atoms with van der Waals surface area (Å²) in [4.78, 5) is 7.88. The van der Waals surface area contributed by atoms with Crippen LogP contribution in [0, 0.1) is 0 Å². The zero-order chi connectivity index (χ0) is 8.10. The maximum absolute atomic E-state index is 5.82. The van der Waals surface area contributed by atoms with Gasteiger partial charge in [0.2, 0.25) is 0 Å². The van der Waals surface area contributed by atoms with E-state index in [2.05, 4.69) is 16.9 Å². The van der Waals surface area contributed by atoms with Crippen LogP contribution in [0.1, 0.15) is 31.5 Å². The fourth-order valence-corrected chi connectivity index (χ4v) is 0.979. The van der Waals surface area contributed by atoms with Gasteiger partial charge in [0.15, 0.2) is 0 Å². The Kier molecular flexibility index (Phi) is 2.98. The Hall–Kier alpha value is -0.960. The minimum absolute atomic E-state index is 0.0722. The van der Waals surface area contributed by atoms with Crippen molar-refractivity contribution in [2.24, 2.45) is 5.73 Å². The van der Waals surface area contributed by atoms with E-state index in [-0.39, 0.29) is 6.04 Å². The van der Waals surface area contributed by atoms with Crippen molar-refractivity contribution >= 4 is 0 Å². The average molecular weight is 151 g/mol. The standard InChI is InChI=1S/C8H13N3/c1-2-3-7(9)8-4-5-10-6-11-8/h4-7H,2-3,9H2,1H3. The van der Waals surface area contributed by atoms with Gasteiger partial charge in [0.05, 0.1) is 5.69 Å². The van der Waals surface area contributed by atoms with Gasteiger partial charge in [-0.2, -0.15) is 0 Å². The summed E-state index contributed by atoms with van der Waals surface area (Å²) < 4.78 is 0. The summed E-state index contributed by atoms with van der Waals surface area (Å²) in [6, 6.07) is 1.93. The van der Waals surface area contributed by atoms with Crippen molar-refractivity contribution in [3.63, 3.8) is 0 Å². The van der Waals surface area contributed by atoms with Gasteiger partial charge in [-0.3, -0.25) is 0 Å². The second kappa shape index (κ2) is 4.03. The molecule has 0 saturated heterocycles. The van der Waals surface area contributed by atoms with Gasteiger partial charge in [-0.15, -0.1) is 0 Å². The van der Waals surface area contributed by atoms with Crippen molar-refractivity contribution in [1.82, 2.24) is 9.97 Å². The minimum Gasteiger partial charge on any atom is -0.323 e. The topological polar surface area (TPSA) is 51.8 Å². The number of nitrogens with two attached hydrogens (primary N) is 1. The smallest absolute Gasteiger partial charge is 0.115 e. The highest BCUT2D eigenvalue weighted by atomic mass is 14.8. The van der Waals surface area contributed by atoms with Gasteiger partial charge in [-0.25, -0.2) is 9.97 Å². The molecule has 1 aromatic rings. The molecule has 0 spiro atoms. The van der Waals surface area contributed by atoms with Crippen LogP contribution in [0.4, 0.5) is 0 Å². The minimum atomic E-state index is 0.0722. The van der Waals surface area contributed by atoms with E-state index in [0.717, 1.165) is 18.5 Å². The van der Waals surface area contributed by atoms with Crippen LogP contribution in [0.3, 0.4) is 0 Å². The number of aromatic nitrogens is 2. The summed E-state index contributed by atoms with van der Waals surface area (Å²) in [6.45, 7) is 2.11. The second-order valence-electron chi connectivity index (χ2n) is 2.53. The molecule has 0 bridgehead atoms. The predicted molar refractivity (Wildman–Crippen MR) is 43.9 cm³/mol. The van der Waals surface area contributed by atoms with Crippen molar-refractivity contribution in [2.75, 3.05) is 0 Å². The Bertz CT molecular complexity index is 198. The molecule has 0 aliphatic heterocycles. The molecular formula is C8H13N3. The van der Waals surface area contributed by atoms with E-state index in [1.54, 1.807) is 6.20 Å². The Labute approximate surface area is 66.7 Å². The molecule has 11 heavy (non-hydrogen) atoms. The zero-order valence-corrected chi connectivity index (χ0v) is 6.70. The molecule has 0 radical (unpaired) electrons. The monoisotopic (exact) mass is 151 g/mol. The Balaban J connectivity index is 2.61. The first-order valence-corrected chi connectivity index (χ1v) is 3.86. The first kappa shape index (κ1) is 8.14. The van der Waals surface area contributed by atoms with E-state index in [4.69, 9.17) is 5.73 Å². The van der Waals surface area contributed by atoms with Crippen LogP contribution in [0.2, 0.25) is 0 Å². The summed E-state index contributed by atoms with van der Waals surface area (Å²) in [5, 5.41) is 0. The molecule has 0 fully saturated rings. The quantitative estimate of drug-likeness (QED) is 0.707. The van der Waals surface area contributed by atoms with Gasteiger partial charge in [0.25, 0.3) is 0 Å². The van der Waals surface area contributed by atoms with Crippen LogP contribution in [0.5, 0.6) is 0 Å². The van der Waals surface area contributed by atoms with Gasteiger partial charge in [-0.1, -0.05) is 13.3 Å². The molecule has 0 saturated carbocycles. The molecule has 3 heteroatoms. The van der Waals surface area contributed by atoms with E-state index in [9.17, 15) is 0 Å². The molecule has 3 nitrogen and oxygen atoms in total. The summed E-state index contributed by atoms with van der Waals surface area (Å²) in [5.41, 5.74) is 6.75. The fourth-order valence-electron chi connectivity index (χ4n) is 0.979. The maximum Gasteiger partial charge on any atom is 0.115 e. The van der Waals surface area contributed by atoms with E-state index in [1.807, 2.05) is 6.07 Å². The van der Waals surface area contributed by atoms with Gasteiger partial charge in [0, 0.05) is 12.2 Å². The average Bonchev–Trinajstić information content (AvgIpc) is 2.07. The highest BCUT2D eigenvalue weighted by Crippen LogP contribution is 2.10. The van der Waals surface area contributed by atoms with Gasteiger partial charge < -0.3 is 5.73 Å². The number of hydrogen-bond acceptors (Lipinski definition) is 3. The van der Waals surface area contributed by atoms with E-state index in [1.165, 1.54) is 6.33 Å². The Morgan fingerprint density at radius 1 is 1.64 bits per heavy atom. The number of rotatable bonds is 3. The van der Waals surface area contributed by atoms with Crippen LogP contribution >= 0.6 is 0 Å². The molecule has 0 aliphatic rings. The SMILES string of the molecule is CCCC(N)c1ccncn1. The van der Waals surface area contributed by atoms with Crippen LogP contribution in [-0.4, -0.2) is 9.97 Å². The van der Waals surface area contributed by atoms with E-state index in [0.29, 0.717) is 0 Å². The van der Waals surface area contributed by atoms with Crippen LogP contribution in [-0.2, 0) is 0 Å². The van der Waals surface area contributed by atoms with Gasteiger partial charge in [-0.05, 0) is 12.5 Å². The maximum atomic E-state index is 5.82. The molecule has 0 aliphatic carbocycles. The number of hydrogen-bond donors (Lipinski definition) is 1. The van der Waals surface area contributed by atoms with Gasteiger partial charge >= 0.3 is 0 Å². The van der Waals surface area contributed by atoms with Crippen molar-refractivity contribution < 1.29 is 0 Å². The third kappa shape index (κ3) is 2.27. The highest BCUT2D eigenvalue weighted by molar-refractivity contribution is 5.03. The zero-order valence-electron chi connectivity index (χ0n) is 6.70. The first-order valence-electron chi connectivity index (χ1n) is 3.86. The number of nitrogens with zero attached hydrogens (tertiary/aromatic N) is 2. The Morgan fingerprint density at radius 3 is 3.00 bits per heavy atom. The molecular weight excluding hydrogens is 138 g/mol. The van der Waals surface area contributed by atoms with Gasteiger partial charge in [0.1, 0.15) is 6.33 Å². The molecule has 0 aromatic carbocycles. The molecule has 1 aromatic heterocycles. The van der Waals surface area contributed by atoms with Crippen molar-refractivity contribution in [1.29, 1.82) is 0 Å². The van der Waals surface area contributed by atoms with Crippen LogP contribution in [0.15, 0.2) is 18.6 Å². The summed E-state index contributed by atoms with van der Waals surface area (Å²) >= 11 is 0. The van der Waals surface area contributed by atoms with Crippen LogP contribution < -0.4 is 5.73 Å². The summed E-state index contributed by atoms with van der Waals surface area (Å²) in [7, 11) is 0. The second-order valence-corrected chi connectivity index (χ2v) is 2.53. The third-order valence-electron chi connectivity index (χ3n) is 1.58. The first-order chi connectivity index (χ1) is 5.34. The van der Waals surface area contributed by atoms with Crippen molar-refractivity contribution in [3.8, 4) is 0 Å². The van der Waals surface area contributed by atoms with E-state index >= 15 is 0 Å². The van der Waals surface area contributed by atoms with E-state index < -0.39 is 0 Å². The fraction of sp³-hybridized carbons (Fsp3) is 0.500. The lowest BCUT2D eigenvalue weighted by Gasteiger charge is -2.07. The third-order valence-corrected chi connectivity index (χ3v) is 1.58. The normalized spacial score (nSPS) is 12.9. The lowest BCUT2D eigenvalue weighted by molar-refractivity contribution is 0.620. The highest BCUT2D eigenvalue weighted by Gasteiger charge is 2.03. The lowest BCUT2D eigenvalue weighted by atomic mass is 10.1. The molecule has 2 N–H and O–H groups in total. The predicted octanol–water partition coefficient (Wildman–Crippen LogP) is 1.28. The molecule has 60 valence electrons. The van der Waals surface area contributed by atoms with Crippen molar-refractivity contribution in [3.05, 3.63) is 24.3 Å². The van der Waals surface area contributed by atoms with Crippen LogP contribution in [0.25, 0.3) is 0 Å². The summed E-state index contributed by atoms with van der Waals surface area (Å²) in [6.07, 6.45) is 5.32. The Morgan fingerprint density at radius 2 is 2.45 bits per heavy atom. The molecule has 1 atom stereocenters. The summed E-state index contributed by atoms with van der Waals surface area (Å²) in [5.74, 6) is 0. The largest absolute Gasteiger partial charge is 0.323 e. The lowest BCUT2D eigenvalue weighted by Crippen LogP contribution is -2.11. The molecule has 0 amide bonds. The molecule has 1 rings (SSSR count). The van der Waals surface area contributed by atoms with Crippen molar-refractivity contribution in [2.45, 2.75) is 25.8 Å². The molecule has 1 unspecified atom stereocenters.